The standard InChI is InChI=1S/C10H17NO3S2/c1-9-10(5-6-14-9)15-7-4-8-16(12,13)11(2)3/h5-6H,4,7-8H2,1-3H3. The van der Waals surface area contributed by atoms with Crippen LogP contribution in [0.15, 0.2) is 21.6 Å². The quantitative estimate of drug-likeness (QED) is 0.581. The molecule has 16 heavy (non-hydrogen) atoms. The molecule has 0 N–H and O–H groups in total. The Morgan fingerprint density at radius 3 is 2.62 bits per heavy atom. The van der Waals surface area contributed by atoms with Gasteiger partial charge in [0.1, 0.15) is 5.76 Å². The highest BCUT2D eigenvalue weighted by Crippen LogP contribution is 2.23. The zero-order valence-electron chi connectivity index (χ0n) is 9.76. The van der Waals surface area contributed by atoms with Gasteiger partial charge in [0.2, 0.25) is 10.0 Å². The second kappa shape index (κ2) is 5.75. The number of hydrogen-bond acceptors (Lipinski definition) is 4. The van der Waals surface area contributed by atoms with Gasteiger partial charge in [-0.1, -0.05) is 0 Å². The fourth-order valence-corrected chi connectivity index (χ4v) is 3.10. The van der Waals surface area contributed by atoms with E-state index in [4.69, 9.17) is 4.42 Å². The van der Waals surface area contributed by atoms with Gasteiger partial charge in [-0.2, -0.15) is 0 Å². The molecule has 0 aliphatic carbocycles. The molecule has 0 spiro atoms. The molecule has 0 amide bonds. The molecule has 0 saturated heterocycles. The smallest absolute Gasteiger partial charge is 0.213 e. The summed E-state index contributed by atoms with van der Waals surface area (Å²) in [5, 5.41) is 0. The van der Waals surface area contributed by atoms with Crippen molar-refractivity contribution in [3.8, 4) is 0 Å². The highest BCUT2D eigenvalue weighted by molar-refractivity contribution is 7.99. The van der Waals surface area contributed by atoms with Crippen LogP contribution in [0.1, 0.15) is 12.2 Å². The fraction of sp³-hybridized carbons (Fsp3) is 0.600. The van der Waals surface area contributed by atoms with E-state index in [1.54, 1.807) is 32.1 Å². The molecule has 1 aromatic heterocycles. The summed E-state index contributed by atoms with van der Waals surface area (Å²) in [5.41, 5.74) is 0. The molecule has 0 aliphatic rings. The Labute approximate surface area is 101 Å². The summed E-state index contributed by atoms with van der Waals surface area (Å²) >= 11 is 1.63. The molecule has 0 aromatic carbocycles. The van der Waals surface area contributed by atoms with Crippen molar-refractivity contribution in [1.82, 2.24) is 4.31 Å². The Morgan fingerprint density at radius 2 is 2.12 bits per heavy atom. The maximum absolute atomic E-state index is 11.5. The van der Waals surface area contributed by atoms with Gasteiger partial charge in [-0.3, -0.25) is 0 Å². The van der Waals surface area contributed by atoms with E-state index in [0.717, 1.165) is 16.4 Å². The van der Waals surface area contributed by atoms with Crippen LogP contribution < -0.4 is 0 Å². The number of nitrogens with zero attached hydrogens (tertiary/aromatic N) is 1. The normalized spacial score (nSPS) is 12.2. The minimum absolute atomic E-state index is 0.198. The van der Waals surface area contributed by atoms with Crippen molar-refractivity contribution in [3.63, 3.8) is 0 Å². The lowest BCUT2D eigenvalue weighted by Crippen LogP contribution is -2.25. The Hall–Kier alpha value is -0.460. The summed E-state index contributed by atoms with van der Waals surface area (Å²) in [6, 6.07) is 1.90. The third kappa shape index (κ3) is 3.84. The van der Waals surface area contributed by atoms with E-state index in [0.29, 0.717) is 6.42 Å². The molecule has 0 fully saturated rings. The molecule has 92 valence electrons. The average Bonchev–Trinajstić information content (AvgIpc) is 2.59. The first-order chi connectivity index (χ1) is 7.43. The van der Waals surface area contributed by atoms with Crippen LogP contribution in [0.3, 0.4) is 0 Å². The summed E-state index contributed by atoms with van der Waals surface area (Å²) in [6.07, 6.45) is 2.30. The van der Waals surface area contributed by atoms with Crippen molar-refractivity contribution in [2.45, 2.75) is 18.2 Å². The van der Waals surface area contributed by atoms with E-state index in [1.807, 2.05) is 13.0 Å². The van der Waals surface area contributed by atoms with E-state index in [9.17, 15) is 8.42 Å². The molecular weight excluding hydrogens is 246 g/mol. The van der Waals surface area contributed by atoms with Gasteiger partial charge in [-0.05, 0) is 25.2 Å². The van der Waals surface area contributed by atoms with Crippen LogP contribution in [0.2, 0.25) is 0 Å². The van der Waals surface area contributed by atoms with Crippen LogP contribution in [-0.2, 0) is 10.0 Å². The second-order valence-corrected chi connectivity index (χ2v) is 7.08. The number of thioether (sulfide) groups is 1. The zero-order valence-corrected chi connectivity index (χ0v) is 11.4. The lowest BCUT2D eigenvalue weighted by molar-refractivity contribution is 0.520. The van der Waals surface area contributed by atoms with E-state index < -0.39 is 10.0 Å². The fourth-order valence-electron chi connectivity index (χ4n) is 1.13. The third-order valence-electron chi connectivity index (χ3n) is 2.17. The number of aryl methyl sites for hydroxylation is 1. The van der Waals surface area contributed by atoms with Gasteiger partial charge < -0.3 is 4.42 Å². The van der Waals surface area contributed by atoms with Crippen molar-refractivity contribution in [1.29, 1.82) is 0 Å². The van der Waals surface area contributed by atoms with E-state index in [-0.39, 0.29) is 5.75 Å². The second-order valence-electron chi connectivity index (χ2n) is 3.64. The highest BCUT2D eigenvalue weighted by Gasteiger charge is 2.12. The monoisotopic (exact) mass is 263 g/mol. The summed E-state index contributed by atoms with van der Waals surface area (Å²) in [7, 11) is 0.0637. The molecule has 1 heterocycles. The van der Waals surface area contributed by atoms with Crippen LogP contribution in [0.25, 0.3) is 0 Å². The summed E-state index contributed by atoms with van der Waals surface area (Å²) < 4.78 is 29.3. The lowest BCUT2D eigenvalue weighted by Gasteiger charge is -2.10. The molecule has 6 heteroatoms. The number of hydrogen-bond donors (Lipinski definition) is 0. The SMILES string of the molecule is Cc1occc1SCCCS(=O)(=O)N(C)C. The van der Waals surface area contributed by atoms with Crippen molar-refractivity contribution in [3.05, 3.63) is 18.1 Å². The van der Waals surface area contributed by atoms with Gasteiger partial charge in [0.05, 0.1) is 12.0 Å². The first kappa shape index (κ1) is 13.6. The molecule has 0 saturated carbocycles. The summed E-state index contributed by atoms with van der Waals surface area (Å²) in [6.45, 7) is 1.90. The van der Waals surface area contributed by atoms with Gasteiger partial charge in [0.15, 0.2) is 0 Å². The third-order valence-corrected chi connectivity index (χ3v) is 5.32. The molecule has 0 aliphatic heterocycles. The van der Waals surface area contributed by atoms with E-state index in [1.165, 1.54) is 4.31 Å². The topological polar surface area (TPSA) is 50.5 Å². The predicted octanol–water partition coefficient (Wildman–Crippen LogP) is 1.96. The van der Waals surface area contributed by atoms with Crippen molar-refractivity contribution in [2.24, 2.45) is 0 Å². The lowest BCUT2D eigenvalue weighted by atomic mass is 10.5. The number of furan rings is 1. The minimum Gasteiger partial charge on any atom is -0.468 e. The van der Waals surface area contributed by atoms with Crippen LogP contribution in [0, 0.1) is 6.92 Å². The Kier molecular flexibility index (Phi) is 4.89. The van der Waals surface area contributed by atoms with Crippen molar-refractivity contribution in [2.75, 3.05) is 25.6 Å². The maximum Gasteiger partial charge on any atom is 0.213 e. The van der Waals surface area contributed by atoms with Crippen LogP contribution in [-0.4, -0.2) is 38.3 Å². The molecule has 1 aromatic rings. The molecule has 1 rings (SSSR count). The van der Waals surface area contributed by atoms with Gasteiger partial charge in [0, 0.05) is 19.0 Å². The highest BCUT2D eigenvalue weighted by atomic mass is 32.2. The van der Waals surface area contributed by atoms with E-state index in [2.05, 4.69) is 0 Å². The molecular formula is C10H17NO3S2. The van der Waals surface area contributed by atoms with Crippen molar-refractivity contribution < 1.29 is 12.8 Å². The van der Waals surface area contributed by atoms with Gasteiger partial charge in [0.25, 0.3) is 0 Å². The largest absolute Gasteiger partial charge is 0.468 e. The predicted molar refractivity (Wildman–Crippen MR) is 66.3 cm³/mol. The van der Waals surface area contributed by atoms with E-state index >= 15 is 0 Å². The number of sulfonamides is 1. The Morgan fingerprint density at radius 1 is 1.44 bits per heavy atom. The Balaban J connectivity index is 2.30. The molecule has 0 radical (unpaired) electrons. The van der Waals surface area contributed by atoms with Crippen molar-refractivity contribution >= 4 is 21.8 Å². The number of rotatable bonds is 6. The molecule has 0 bridgehead atoms. The zero-order chi connectivity index (χ0) is 12.2. The minimum atomic E-state index is -3.05. The van der Waals surface area contributed by atoms with Crippen LogP contribution >= 0.6 is 11.8 Å². The molecule has 4 nitrogen and oxygen atoms in total. The summed E-state index contributed by atoms with van der Waals surface area (Å²) in [4.78, 5) is 1.09. The summed E-state index contributed by atoms with van der Waals surface area (Å²) in [5.74, 6) is 1.87. The first-order valence-electron chi connectivity index (χ1n) is 5.00. The van der Waals surface area contributed by atoms with Gasteiger partial charge in [-0.15, -0.1) is 11.8 Å². The van der Waals surface area contributed by atoms with Gasteiger partial charge in [-0.25, -0.2) is 12.7 Å². The Bertz CT molecular complexity index is 423. The molecule has 0 unspecified atom stereocenters. The van der Waals surface area contributed by atoms with Crippen LogP contribution in [0.4, 0.5) is 0 Å². The maximum atomic E-state index is 11.5. The average molecular weight is 263 g/mol. The van der Waals surface area contributed by atoms with Crippen LogP contribution in [0.5, 0.6) is 0 Å². The van der Waals surface area contributed by atoms with Gasteiger partial charge >= 0.3 is 0 Å². The first-order valence-corrected chi connectivity index (χ1v) is 7.60. The molecule has 0 atom stereocenters.